The van der Waals surface area contributed by atoms with Crippen LogP contribution in [0.15, 0.2) is 18.2 Å². The smallest absolute Gasteiger partial charge is 0.405 e. The van der Waals surface area contributed by atoms with Crippen molar-refractivity contribution in [1.82, 2.24) is 20.1 Å². The van der Waals surface area contributed by atoms with Gasteiger partial charge in [0.2, 0.25) is 5.91 Å². The number of hydrogen-bond acceptors (Lipinski definition) is 5. The first kappa shape index (κ1) is 26.4. The molecule has 1 aromatic heterocycles. The molecule has 0 atom stereocenters. The SMILES string of the molecule is N#CC1(NC(=O)O)CC1.O=C(C1CCCCC1)N1CCc2[nH]c3c(OCCN4CCCC4)cccc3c2C1. The number of nitriles is 1. The number of carbonyl (C=O) groups is 2. The van der Waals surface area contributed by atoms with E-state index in [1.165, 1.54) is 61.8 Å². The molecule has 0 bridgehead atoms. The van der Waals surface area contributed by atoms with Crippen LogP contribution in [-0.2, 0) is 17.8 Å². The fourth-order valence-electron chi connectivity index (χ4n) is 6.01. The molecule has 0 radical (unpaired) electrons. The van der Waals surface area contributed by atoms with Crippen molar-refractivity contribution < 1.29 is 19.4 Å². The zero-order chi connectivity index (χ0) is 26.5. The maximum absolute atomic E-state index is 13.0. The molecule has 1 aromatic carbocycles. The lowest BCUT2D eigenvalue weighted by molar-refractivity contribution is -0.137. The van der Waals surface area contributed by atoms with E-state index in [2.05, 4.69) is 38.3 Å². The summed E-state index contributed by atoms with van der Waals surface area (Å²) >= 11 is 0. The molecule has 9 nitrogen and oxygen atoms in total. The number of amides is 2. The van der Waals surface area contributed by atoms with Gasteiger partial charge in [-0.3, -0.25) is 9.69 Å². The molecular formula is C29H39N5O4. The fourth-order valence-corrected chi connectivity index (χ4v) is 6.01. The highest BCUT2D eigenvalue weighted by molar-refractivity contribution is 5.90. The highest BCUT2D eigenvalue weighted by Gasteiger charge is 2.44. The number of ether oxygens (including phenoxy) is 1. The van der Waals surface area contributed by atoms with E-state index in [1.54, 1.807) is 0 Å². The summed E-state index contributed by atoms with van der Waals surface area (Å²) in [6.07, 6.45) is 9.58. The molecule has 1 saturated heterocycles. The molecule has 204 valence electrons. The maximum Gasteiger partial charge on any atom is 0.405 e. The quantitative estimate of drug-likeness (QED) is 0.517. The van der Waals surface area contributed by atoms with Crippen LogP contribution in [0.3, 0.4) is 0 Å². The molecule has 2 amide bonds. The minimum absolute atomic E-state index is 0.250. The summed E-state index contributed by atoms with van der Waals surface area (Å²) in [5.74, 6) is 1.57. The monoisotopic (exact) mass is 521 g/mol. The maximum atomic E-state index is 13.0. The number of benzene rings is 1. The second-order valence-electron chi connectivity index (χ2n) is 11.1. The van der Waals surface area contributed by atoms with Gasteiger partial charge in [0.25, 0.3) is 0 Å². The van der Waals surface area contributed by atoms with Gasteiger partial charge in [-0.1, -0.05) is 31.4 Å². The van der Waals surface area contributed by atoms with Crippen molar-refractivity contribution in [1.29, 1.82) is 5.26 Å². The normalized spacial score (nSPS) is 20.7. The van der Waals surface area contributed by atoms with Crippen LogP contribution in [0.1, 0.15) is 69.0 Å². The lowest BCUT2D eigenvalue weighted by Gasteiger charge is -2.32. The average molecular weight is 522 g/mol. The summed E-state index contributed by atoms with van der Waals surface area (Å²) in [5, 5.41) is 19.8. The summed E-state index contributed by atoms with van der Waals surface area (Å²) in [7, 11) is 0. The van der Waals surface area contributed by atoms with E-state index in [1.807, 2.05) is 6.07 Å². The number of H-pyrrole nitrogens is 1. The van der Waals surface area contributed by atoms with Crippen molar-refractivity contribution in [2.75, 3.05) is 32.8 Å². The molecule has 9 heteroatoms. The number of nitrogens with zero attached hydrogens (tertiary/aromatic N) is 3. The number of likely N-dealkylation sites (tertiary alicyclic amines) is 1. The van der Waals surface area contributed by atoms with Crippen molar-refractivity contribution >= 4 is 22.9 Å². The predicted octanol–water partition coefficient (Wildman–Crippen LogP) is 4.42. The van der Waals surface area contributed by atoms with Crippen molar-refractivity contribution in [2.24, 2.45) is 5.92 Å². The van der Waals surface area contributed by atoms with Gasteiger partial charge in [-0.2, -0.15) is 5.26 Å². The van der Waals surface area contributed by atoms with E-state index in [0.29, 0.717) is 18.7 Å². The molecule has 3 N–H and O–H groups in total. The largest absolute Gasteiger partial charge is 0.490 e. The van der Waals surface area contributed by atoms with Gasteiger partial charge in [-0.15, -0.1) is 0 Å². The fraction of sp³-hybridized carbons (Fsp3) is 0.621. The van der Waals surface area contributed by atoms with Crippen molar-refractivity contribution in [3.8, 4) is 11.8 Å². The van der Waals surface area contributed by atoms with Crippen LogP contribution >= 0.6 is 0 Å². The third kappa shape index (κ3) is 6.07. The van der Waals surface area contributed by atoms with Gasteiger partial charge < -0.3 is 25.0 Å². The zero-order valence-electron chi connectivity index (χ0n) is 22.1. The number of nitrogens with one attached hydrogen (secondary N) is 2. The number of carboxylic acid groups (broad SMARTS) is 1. The Morgan fingerprint density at radius 3 is 2.55 bits per heavy atom. The van der Waals surface area contributed by atoms with Crippen LogP contribution < -0.4 is 10.1 Å². The number of rotatable bonds is 6. The van der Waals surface area contributed by atoms with Crippen LogP contribution in [-0.4, -0.2) is 70.2 Å². The Balaban J connectivity index is 0.000000278. The van der Waals surface area contributed by atoms with Crippen LogP contribution in [0.25, 0.3) is 10.9 Å². The number of para-hydroxylation sites is 1. The molecule has 0 unspecified atom stereocenters. The van der Waals surface area contributed by atoms with Crippen molar-refractivity contribution in [2.45, 2.75) is 76.3 Å². The van der Waals surface area contributed by atoms with Gasteiger partial charge in [-0.05, 0) is 57.7 Å². The lowest BCUT2D eigenvalue weighted by Crippen LogP contribution is -2.40. The Bertz CT molecular complexity index is 1190. The Kier molecular flexibility index (Phi) is 8.08. The first-order chi connectivity index (χ1) is 18.5. The second kappa shape index (κ2) is 11.6. The van der Waals surface area contributed by atoms with Gasteiger partial charge in [-0.25, -0.2) is 4.79 Å². The molecule has 6 rings (SSSR count). The molecule has 0 spiro atoms. The first-order valence-electron chi connectivity index (χ1n) is 14.2. The van der Waals surface area contributed by atoms with E-state index in [9.17, 15) is 9.59 Å². The second-order valence-corrected chi connectivity index (χ2v) is 11.1. The number of hydrogen-bond donors (Lipinski definition) is 3. The topological polar surface area (TPSA) is 122 Å². The van der Waals surface area contributed by atoms with Crippen molar-refractivity contribution in [3.63, 3.8) is 0 Å². The number of fused-ring (bicyclic) bond motifs is 3. The highest BCUT2D eigenvalue weighted by atomic mass is 16.5. The summed E-state index contributed by atoms with van der Waals surface area (Å²) < 4.78 is 6.17. The first-order valence-corrected chi connectivity index (χ1v) is 14.2. The lowest BCUT2D eigenvalue weighted by atomic mass is 9.87. The number of carbonyl (C=O) groups excluding carboxylic acids is 1. The Morgan fingerprint density at radius 1 is 1.13 bits per heavy atom. The minimum atomic E-state index is -1.12. The molecule has 2 aromatic rings. The predicted molar refractivity (Wildman–Crippen MR) is 144 cm³/mol. The van der Waals surface area contributed by atoms with E-state index < -0.39 is 11.6 Å². The molecule has 3 fully saturated rings. The van der Waals surface area contributed by atoms with E-state index >= 15 is 0 Å². The summed E-state index contributed by atoms with van der Waals surface area (Å²) in [6.45, 7) is 5.71. The summed E-state index contributed by atoms with van der Waals surface area (Å²) in [5.41, 5.74) is 2.95. The van der Waals surface area contributed by atoms with Crippen LogP contribution in [0.4, 0.5) is 4.79 Å². The zero-order valence-corrected chi connectivity index (χ0v) is 22.1. The van der Waals surface area contributed by atoms with E-state index in [0.717, 1.165) is 56.8 Å². The van der Waals surface area contributed by atoms with Gasteiger partial charge in [0, 0.05) is 48.6 Å². The third-order valence-electron chi connectivity index (χ3n) is 8.41. The number of aromatic amines is 1. The number of aromatic nitrogens is 1. The van der Waals surface area contributed by atoms with Crippen molar-refractivity contribution in [3.05, 3.63) is 29.5 Å². The molecular weight excluding hydrogens is 482 g/mol. The Hall–Kier alpha value is -3.25. The van der Waals surface area contributed by atoms with Gasteiger partial charge in [0.1, 0.15) is 17.9 Å². The van der Waals surface area contributed by atoms with Crippen LogP contribution in [0.5, 0.6) is 5.75 Å². The molecule has 4 aliphatic rings. The highest BCUT2D eigenvalue weighted by Crippen LogP contribution is 2.35. The van der Waals surface area contributed by atoms with Crippen LogP contribution in [0.2, 0.25) is 0 Å². The van der Waals surface area contributed by atoms with E-state index in [4.69, 9.17) is 15.1 Å². The molecule has 38 heavy (non-hydrogen) atoms. The summed E-state index contributed by atoms with van der Waals surface area (Å²) in [4.78, 5) is 31.2. The van der Waals surface area contributed by atoms with Crippen LogP contribution in [0, 0.1) is 17.2 Å². The van der Waals surface area contributed by atoms with Gasteiger partial charge >= 0.3 is 6.09 Å². The molecule has 2 aliphatic carbocycles. The molecule has 2 aliphatic heterocycles. The molecule has 3 heterocycles. The van der Waals surface area contributed by atoms with Gasteiger partial charge in [0.05, 0.1) is 11.6 Å². The average Bonchev–Trinajstić information content (AvgIpc) is 3.33. The molecule has 2 saturated carbocycles. The Morgan fingerprint density at radius 2 is 1.89 bits per heavy atom. The minimum Gasteiger partial charge on any atom is -0.490 e. The Labute approximate surface area is 224 Å². The van der Waals surface area contributed by atoms with Gasteiger partial charge in [0.15, 0.2) is 0 Å². The standard InChI is InChI=1S/C24H33N3O2.C5H6N2O2/c28-24(18-7-2-1-3-8-18)27-14-11-21-20(17-27)19-9-6-10-22(23(19)25-21)29-16-15-26-12-4-5-13-26;6-3-5(1-2-5)7-4(8)9/h6,9-10,18,25H,1-5,7-8,11-17H2;7H,1-2H2,(H,8,9). The summed E-state index contributed by atoms with van der Waals surface area (Å²) in [6, 6.07) is 8.22. The van der Waals surface area contributed by atoms with E-state index in [-0.39, 0.29) is 5.92 Å². The third-order valence-corrected chi connectivity index (χ3v) is 8.41.